The molecule has 2 aromatic rings. The summed E-state index contributed by atoms with van der Waals surface area (Å²) in [5.41, 5.74) is 1.76. The Balaban J connectivity index is 1.59. The molecule has 0 saturated carbocycles. The summed E-state index contributed by atoms with van der Waals surface area (Å²) in [5.74, 6) is -0.332. The molecule has 2 aromatic carbocycles. The minimum atomic E-state index is -0.345. The van der Waals surface area contributed by atoms with Crippen molar-refractivity contribution in [1.29, 1.82) is 0 Å². The van der Waals surface area contributed by atoms with Gasteiger partial charge in [-0.2, -0.15) is 0 Å². The fourth-order valence-electron chi connectivity index (χ4n) is 3.18. The maximum absolute atomic E-state index is 12.5. The topological polar surface area (TPSA) is 57.2 Å². The summed E-state index contributed by atoms with van der Waals surface area (Å²) in [6, 6.07) is 19.3. The minimum absolute atomic E-state index is 0.145. The van der Waals surface area contributed by atoms with Gasteiger partial charge in [-0.25, -0.2) is 4.79 Å². The van der Waals surface area contributed by atoms with E-state index in [-0.39, 0.29) is 25.0 Å². The number of hydrogen-bond acceptors (Lipinski definition) is 6. The maximum atomic E-state index is 12.5. The Hall–Kier alpha value is -2.25. The predicted octanol–water partition coefficient (Wildman–Crippen LogP) is 2.73. The van der Waals surface area contributed by atoms with Gasteiger partial charge in [-0.05, 0) is 17.7 Å². The molecule has 6 nitrogen and oxygen atoms in total. The third-order valence-corrected chi connectivity index (χ3v) is 4.61. The highest BCUT2D eigenvalue weighted by atomic mass is 16.7. The summed E-state index contributed by atoms with van der Waals surface area (Å²) in [6.07, 6.45) is -0.582. The van der Waals surface area contributed by atoms with Crippen LogP contribution in [0.1, 0.15) is 15.9 Å². The number of rotatable bonds is 10. The van der Waals surface area contributed by atoms with Gasteiger partial charge in [0.25, 0.3) is 0 Å². The molecule has 150 valence electrons. The Morgan fingerprint density at radius 2 is 1.64 bits per heavy atom. The lowest BCUT2D eigenvalue weighted by Crippen LogP contribution is -2.33. The summed E-state index contributed by atoms with van der Waals surface area (Å²) in [4.78, 5) is 14.7. The van der Waals surface area contributed by atoms with Gasteiger partial charge in [0, 0.05) is 26.7 Å². The van der Waals surface area contributed by atoms with E-state index in [0.29, 0.717) is 31.9 Å². The molecule has 1 fully saturated rings. The predicted molar refractivity (Wildman–Crippen MR) is 105 cm³/mol. The van der Waals surface area contributed by atoms with Crippen LogP contribution in [0.2, 0.25) is 0 Å². The lowest BCUT2D eigenvalue weighted by Gasteiger charge is -2.19. The highest BCUT2D eigenvalue weighted by Gasteiger charge is 2.36. The van der Waals surface area contributed by atoms with E-state index in [2.05, 4.69) is 17.0 Å². The smallest absolute Gasteiger partial charge is 0.338 e. The first-order chi connectivity index (χ1) is 13.8. The van der Waals surface area contributed by atoms with E-state index in [1.54, 1.807) is 19.2 Å². The Kier molecular flexibility index (Phi) is 7.99. The second-order valence-electron chi connectivity index (χ2n) is 6.71. The number of nitrogens with zero attached hydrogens (tertiary/aromatic N) is 1. The quantitative estimate of drug-likeness (QED) is 0.356. The zero-order valence-electron chi connectivity index (χ0n) is 16.2. The first-order valence-corrected chi connectivity index (χ1v) is 9.47. The summed E-state index contributed by atoms with van der Waals surface area (Å²) in [5, 5.41) is 0. The molecule has 1 aliphatic rings. The van der Waals surface area contributed by atoms with Crippen molar-refractivity contribution in [2.45, 2.75) is 18.8 Å². The van der Waals surface area contributed by atoms with E-state index >= 15 is 0 Å². The number of benzene rings is 2. The van der Waals surface area contributed by atoms with Crippen LogP contribution in [0.25, 0.3) is 0 Å². The second kappa shape index (κ2) is 10.9. The summed E-state index contributed by atoms with van der Waals surface area (Å²) < 4.78 is 22.0. The van der Waals surface area contributed by atoms with Crippen molar-refractivity contribution < 1.29 is 23.7 Å². The minimum Gasteiger partial charge on any atom is -0.455 e. The fourth-order valence-corrected chi connectivity index (χ4v) is 3.18. The van der Waals surface area contributed by atoms with Crippen molar-refractivity contribution in [3.05, 3.63) is 71.8 Å². The lowest BCUT2D eigenvalue weighted by molar-refractivity contribution is -0.118. The molecule has 1 saturated heterocycles. The number of likely N-dealkylation sites (tertiary alicyclic amines) is 1. The van der Waals surface area contributed by atoms with Gasteiger partial charge in [0.05, 0.1) is 18.8 Å². The van der Waals surface area contributed by atoms with E-state index in [9.17, 15) is 4.79 Å². The standard InChI is InChI=1S/C22H27NO5/c1-25-12-13-26-17-27-20-15-23(14-18-8-4-2-5-9-18)16-21(20)28-22(24)19-10-6-3-7-11-19/h2-11,20-21H,12-17H2,1H3/t20-,21+/m0/s1. The van der Waals surface area contributed by atoms with Crippen LogP contribution in [0.3, 0.4) is 0 Å². The van der Waals surface area contributed by atoms with E-state index in [1.165, 1.54) is 5.56 Å². The van der Waals surface area contributed by atoms with Crippen molar-refractivity contribution in [1.82, 2.24) is 4.90 Å². The van der Waals surface area contributed by atoms with E-state index < -0.39 is 0 Å². The van der Waals surface area contributed by atoms with E-state index in [1.807, 2.05) is 36.4 Å². The largest absolute Gasteiger partial charge is 0.455 e. The Morgan fingerprint density at radius 3 is 2.36 bits per heavy atom. The van der Waals surface area contributed by atoms with E-state index in [0.717, 1.165) is 6.54 Å². The number of carbonyl (C=O) groups excluding carboxylic acids is 1. The number of methoxy groups -OCH3 is 1. The third kappa shape index (κ3) is 6.14. The average Bonchev–Trinajstić information content (AvgIpc) is 3.10. The monoisotopic (exact) mass is 385 g/mol. The second-order valence-corrected chi connectivity index (χ2v) is 6.71. The molecule has 0 amide bonds. The van der Waals surface area contributed by atoms with Gasteiger partial charge in [-0.3, -0.25) is 4.90 Å². The lowest BCUT2D eigenvalue weighted by atomic mass is 10.2. The molecular weight excluding hydrogens is 358 g/mol. The van der Waals surface area contributed by atoms with Crippen LogP contribution in [0.5, 0.6) is 0 Å². The maximum Gasteiger partial charge on any atom is 0.338 e. The van der Waals surface area contributed by atoms with Crippen molar-refractivity contribution in [3.8, 4) is 0 Å². The first kappa shape index (κ1) is 20.5. The van der Waals surface area contributed by atoms with Gasteiger partial charge in [-0.15, -0.1) is 0 Å². The molecule has 1 heterocycles. The van der Waals surface area contributed by atoms with Crippen LogP contribution in [0, 0.1) is 0 Å². The van der Waals surface area contributed by atoms with Crippen LogP contribution in [0.4, 0.5) is 0 Å². The SMILES string of the molecule is COCCOCO[C@H]1CN(Cc2ccccc2)C[C@H]1OC(=O)c1ccccc1. The van der Waals surface area contributed by atoms with Gasteiger partial charge in [0.1, 0.15) is 19.0 Å². The normalized spacial score (nSPS) is 19.6. The molecule has 2 atom stereocenters. The number of carbonyl (C=O) groups is 1. The molecule has 0 bridgehead atoms. The molecule has 0 spiro atoms. The number of hydrogen-bond donors (Lipinski definition) is 0. The van der Waals surface area contributed by atoms with Crippen LogP contribution in [-0.2, 0) is 25.5 Å². The highest BCUT2D eigenvalue weighted by molar-refractivity contribution is 5.89. The Bertz CT molecular complexity index is 709. The first-order valence-electron chi connectivity index (χ1n) is 9.47. The van der Waals surface area contributed by atoms with Crippen molar-refractivity contribution in [3.63, 3.8) is 0 Å². The van der Waals surface area contributed by atoms with Gasteiger partial charge in [0.15, 0.2) is 0 Å². The molecule has 0 radical (unpaired) electrons. The molecular formula is C22H27NO5. The number of esters is 1. The zero-order chi connectivity index (χ0) is 19.6. The van der Waals surface area contributed by atoms with Crippen LogP contribution in [0.15, 0.2) is 60.7 Å². The van der Waals surface area contributed by atoms with Gasteiger partial charge < -0.3 is 18.9 Å². The van der Waals surface area contributed by atoms with Crippen LogP contribution < -0.4 is 0 Å². The van der Waals surface area contributed by atoms with Crippen molar-refractivity contribution in [2.75, 3.05) is 40.2 Å². The van der Waals surface area contributed by atoms with Crippen LogP contribution >= 0.6 is 0 Å². The summed E-state index contributed by atoms with van der Waals surface area (Å²) >= 11 is 0. The highest BCUT2D eigenvalue weighted by Crippen LogP contribution is 2.21. The van der Waals surface area contributed by atoms with Crippen LogP contribution in [-0.4, -0.2) is 63.3 Å². The van der Waals surface area contributed by atoms with Crippen molar-refractivity contribution in [2.24, 2.45) is 0 Å². The van der Waals surface area contributed by atoms with E-state index in [4.69, 9.17) is 18.9 Å². The van der Waals surface area contributed by atoms with Crippen molar-refractivity contribution >= 4 is 5.97 Å². The molecule has 0 aromatic heterocycles. The van der Waals surface area contributed by atoms with Gasteiger partial charge in [0.2, 0.25) is 0 Å². The molecule has 0 aliphatic carbocycles. The Morgan fingerprint density at radius 1 is 0.964 bits per heavy atom. The third-order valence-electron chi connectivity index (χ3n) is 4.61. The summed E-state index contributed by atoms with van der Waals surface area (Å²) in [7, 11) is 1.63. The fraction of sp³-hybridized carbons (Fsp3) is 0.409. The Labute approximate surface area is 166 Å². The molecule has 0 unspecified atom stereocenters. The molecule has 0 N–H and O–H groups in total. The average molecular weight is 385 g/mol. The molecule has 6 heteroatoms. The summed E-state index contributed by atoms with van der Waals surface area (Å²) in [6.45, 7) is 3.20. The van der Waals surface area contributed by atoms with Gasteiger partial charge in [-0.1, -0.05) is 48.5 Å². The molecule has 3 rings (SSSR count). The molecule has 28 heavy (non-hydrogen) atoms. The number of ether oxygens (including phenoxy) is 4. The van der Waals surface area contributed by atoms with Gasteiger partial charge >= 0.3 is 5.97 Å². The zero-order valence-corrected chi connectivity index (χ0v) is 16.2. The molecule has 1 aliphatic heterocycles.